The fourth-order valence-electron chi connectivity index (χ4n) is 3.01. The molecule has 1 fully saturated rings. The van der Waals surface area contributed by atoms with Gasteiger partial charge in [0.05, 0.1) is 0 Å². The van der Waals surface area contributed by atoms with Gasteiger partial charge in [-0.3, -0.25) is 0 Å². The van der Waals surface area contributed by atoms with Crippen LogP contribution in [-0.2, 0) is 13.1 Å². The molecule has 0 aliphatic carbocycles. The summed E-state index contributed by atoms with van der Waals surface area (Å²) in [4.78, 5) is 7.92. The van der Waals surface area contributed by atoms with Gasteiger partial charge in [-0.2, -0.15) is 0 Å². The van der Waals surface area contributed by atoms with Crippen LogP contribution in [0.2, 0.25) is 0 Å². The molecule has 0 saturated carbocycles. The van der Waals surface area contributed by atoms with Crippen LogP contribution < -0.4 is 5.32 Å². The maximum atomic E-state index is 3.48. The van der Waals surface area contributed by atoms with E-state index < -0.39 is 0 Å². The van der Waals surface area contributed by atoms with Gasteiger partial charge in [0, 0.05) is 29.4 Å². The van der Waals surface area contributed by atoms with Gasteiger partial charge in [-0.15, -0.1) is 11.3 Å². The van der Waals surface area contributed by atoms with Crippen LogP contribution in [0.3, 0.4) is 0 Å². The van der Waals surface area contributed by atoms with Crippen LogP contribution >= 0.6 is 11.3 Å². The Balaban J connectivity index is 1.71. The molecular weight excluding hydrogens is 278 g/mol. The van der Waals surface area contributed by atoms with E-state index in [1.807, 2.05) is 11.3 Å². The molecule has 2 rings (SSSR count). The van der Waals surface area contributed by atoms with E-state index >= 15 is 0 Å². The van der Waals surface area contributed by atoms with Crippen molar-refractivity contribution in [3.05, 3.63) is 21.9 Å². The van der Waals surface area contributed by atoms with Crippen molar-refractivity contribution >= 4 is 11.3 Å². The summed E-state index contributed by atoms with van der Waals surface area (Å²) in [6, 6.07) is 4.59. The van der Waals surface area contributed by atoms with Crippen molar-refractivity contribution in [3.63, 3.8) is 0 Å². The third-order valence-corrected chi connectivity index (χ3v) is 5.35. The zero-order valence-corrected chi connectivity index (χ0v) is 14.7. The monoisotopic (exact) mass is 309 g/mol. The van der Waals surface area contributed by atoms with Gasteiger partial charge in [0.25, 0.3) is 0 Å². The Hall–Kier alpha value is -0.420. The molecule has 0 unspecified atom stereocenters. The number of piperidine rings is 1. The summed E-state index contributed by atoms with van der Waals surface area (Å²) >= 11 is 1.96. The lowest BCUT2D eigenvalue weighted by atomic mass is 9.97. The van der Waals surface area contributed by atoms with Crippen LogP contribution in [0.5, 0.6) is 0 Å². The van der Waals surface area contributed by atoms with E-state index in [2.05, 4.69) is 48.3 Å². The number of hydrogen-bond acceptors (Lipinski definition) is 4. The Morgan fingerprint density at radius 3 is 2.71 bits per heavy atom. The molecule has 1 aliphatic heterocycles. The second kappa shape index (κ2) is 8.89. The predicted octanol–water partition coefficient (Wildman–Crippen LogP) is 3.02. The minimum absolute atomic E-state index is 0.886. The zero-order chi connectivity index (χ0) is 15.1. The summed E-state index contributed by atoms with van der Waals surface area (Å²) in [5.41, 5.74) is 0. The quantitative estimate of drug-likeness (QED) is 0.745. The van der Waals surface area contributed by atoms with E-state index in [0.29, 0.717) is 0 Å². The number of nitrogens with one attached hydrogen (secondary N) is 1. The van der Waals surface area contributed by atoms with E-state index in [1.165, 1.54) is 48.7 Å². The lowest BCUT2D eigenvalue weighted by Crippen LogP contribution is -2.35. The van der Waals surface area contributed by atoms with Gasteiger partial charge in [0.1, 0.15) is 0 Å². The van der Waals surface area contributed by atoms with E-state index in [4.69, 9.17) is 0 Å². The lowest BCUT2D eigenvalue weighted by molar-refractivity contribution is 0.174. The van der Waals surface area contributed by atoms with Gasteiger partial charge in [0.15, 0.2) is 0 Å². The molecule has 0 aromatic carbocycles. The molecule has 1 N–H and O–H groups in total. The largest absolute Gasteiger partial charge is 0.312 e. The van der Waals surface area contributed by atoms with Crippen molar-refractivity contribution < 1.29 is 0 Å². The van der Waals surface area contributed by atoms with Gasteiger partial charge < -0.3 is 15.1 Å². The van der Waals surface area contributed by atoms with Crippen LogP contribution in [-0.4, -0.2) is 50.1 Å². The minimum atomic E-state index is 0.886. The Labute approximate surface area is 134 Å². The molecule has 0 bridgehead atoms. The van der Waals surface area contributed by atoms with Crippen molar-refractivity contribution in [2.45, 2.75) is 39.3 Å². The Morgan fingerprint density at radius 1 is 1.29 bits per heavy atom. The third-order valence-electron chi connectivity index (χ3n) is 4.28. The molecule has 1 aromatic heterocycles. The van der Waals surface area contributed by atoms with Gasteiger partial charge in [0.2, 0.25) is 0 Å². The van der Waals surface area contributed by atoms with Gasteiger partial charge in [-0.1, -0.05) is 6.92 Å². The molecule has 0 atom stereocenters. The topological polar surface area (TPSA) is 18.5 Å². The van der Waals surface area contributed by atoms with Crippen molar-refractivity contribution in [3.8, 4) is 0 Å². The number of rotatable bonds is 8. The van der Waals surface area contributed by atoms with Crippen LogP contribution in [0.4, 0.5) is 0 Å². The average Bonchev–Trinajstić information content (AvgIpc) is 2.89. The zero-order valence-electron chi connectivity index (χ0n) is 13.9. The second-order valence-electron chi connectivity index (χ2n) is 6.49. The lowest BCUT2D eigenvalue weighted by Gasteiger charge is -2.31. The minimum Gasteiger partial charge on any atom is -0.312 e. The van der Waals surface area contributed by atoms with E-state index in [9.17, 15) is 0 Å². The molecule has 0 amide bonds. The summed E-state index contributed by atoms with van der Waals surface area (Å²) in [5, 5.41) is 3.48. The first-order valence-electron chi connectivity index (χ1n) is 8.32. The number of thiophene rings is 1. The normalized spacial score (nSPS) is 17.7. The summed E-state index contributed by atoms with van der Waals surface area (Å²) in [6.45, 7) is 9.24. The molecule has 1 saturated heterocycles. The molecule has 1 aromatic rings. The number of likely N-dealkylation sites (tertiary alicyclic amines) is 1. The molecule has 21 heavy (non-hydrogen) atoms. The first-order chi connectivity index (χ1) is 10.2. The molecule has 0 spiro atoms. The standard InChI is InChI=1S/C17H31N3S/c1-4-9-18-12-16-5-6-17(21-16)14-20(3)13-15-7-10-19(2)11-8-15/h5-6,15,18H,4,7-14H2,1-3H3. The molecule has 4 heteroatoms. The van der Waals surface area contributed by atoms with Gasteiger partial charge in [-0.25, -0.2) is 0 Å². The number of hydrogen-bond donors (Lipinski definition) is 1. The van der Waals surface area contributed by atoms with Crippen molar-refractivity contribution in [1.82, 2.24) is 15.1 Å². The highest BCUT2D eigenvalue weighted by Crippen LogP contribution is 2.21. The predicted molar refractivity (Wildman–Crippen MR) is 92.9 cm³/mol. The second-order valence-corrected chi connectivity index (χ2v) is 7.74. The Bertz CT molecular complexity index is 396. The van der Waals surface area contributed by atoms with Gasteiger partial charge >= 0.3 is 0 Å². The SMILES string of the molecule is CCCNCc1ccc(CN(C)CC2CCN(C)CC2)s1. The average molecular weight is 310 g/mol. The summed E-state index contributed by atoms with van der Waals surface area (Å²) < 4.78 is 0. The Kier molecular flexibility index (Phi) is 7.17. The van der Waals surface area contributed by atoms with Crippen molar-refractivity contribution in [2.24, 2.45) is 5.92 Å². The maximum absolute atomic E-state index is 3.48. The third kappa shape index (κ3) is 6.07. The first kappa shape index (κ1) is 16.9. The van der Waals surface area contributed by atoms with E-state index in [0.717, 1.165) is 25.6 Å². The van der Waals surface area contributed by atoms with Crippen molar-refractivity contribution in [2.75, 3.05) is 40.3 Å². The highest BCUT2D eigenvalue weighted by atomic mass is 32.1. The highest BCUT2D eigenvalue weighted by molar-refractivity contribution is 7.11. The van der Waals surface area contributed by atoms with Crippen LogP contribution in [0, 0.1) is 5.92 Å². The molecule has 0 radical (unpaired) electrons. The van der Waals surface area contributed by atoms with Crippen LogP contribution in [0.15, 0.2) is 12.1 Å². The summed E-state index contributed by atoms with van der Waals surface area (Å²) in [6.07, 6.45) is 3.92. The van der Waals surface area contributed by atoms with Crippen LogP contribution in [0.1, 0.15) is 35.9 Å². The molecule has 2 heterocycles. The fraction of sp³-hybridized carbons (Fsp3) is 0.765. The summed E-state index contributed by atoms with van der Waals surface area (Å²) in [5.74, 6) is 0.886. The molecule has 1 aliphatic rings. The van der Waals surface area contributed by atoms with E-state index in [1.54, 1.807) is 0 Å². The molecule has 3 nitrogen and oxygen atoms in total. The summed E-state index contributed by atoms with van der Waals surface area (Å²) in [7, 11) is 4.51. The first-order valence-corrected chi connectivity index (χ1v) is 9.14. The van der Waals surface area contributed by atoms with Gasteiger partial charge in [-0.05, 0) is 71.0 Å². The maximum Gasteiger partial charge on any atom is 0.0325 e. The number of nitrogens with zero attached hydrogens (tertiary/aromatic N) is 2. The Morgan fingerprint density at radius 2 is 2.00 bits per heavy atom. The van der Waals surface area contributed by atoms with Crippen LogP contribution in [0.25, 0.3) is 0 Å². The van der Waals surface area contributed by atoms with Crippen molar-refractivity contribution in [1.29, 1.82) is 0 Å². The smallest absolute Gasteiger partial charge is 0.0325 e. The van der Waals surface area contributed by atoms with E-state index in [-0.39, 0.29) is 0 Å². The highest BCUT2D eigenvalue weighted by Gasteiger charge is 2.18. The molecule has 120 valence electrons. The molecular formula is C17H31N3S. The fourth-order valence-corrected chi connectivity index (χ4v) is 4.07.